The number of hydrogen-bond donors (Lipinski definition) is 1. The molecule has 1 unspecified atom stereocenters. The Morgan fingerprint density at radius 2 is 1.92 bits per heavy atom. The standard InChI is InChI=1S/C17H16F3NO3S/c1-24-15-7-3-6-14(16(15)18)11-4-2-5-13(8-11)25(22,23)21-10-12-9-17(12,19)20/h2-8,12,21H,9-10H2,1H3. The van der Waals surface area contributed by atoms with Crippen LogP contribution in [0.5, 0.6) is 5.75 Å². The summed E-state index contributed by atoms with van der Waals surface area (Å²) < 4.78 is 71.8. The number of nitrogens with one attached hydrogen (secondary N) is 1. The molecule has 1 atom stereocenters. The molecule has 0 bridgehead atoms. The van der Waals surface area contributed by atoms with E-state index < -0.39 is 27.7 Å². The quantitative estimate of drug-likeness (QED) is 0.846. The molecular weight excluding hydrogens is 355 g/mol. The lowest BCUT2D eigenvalue weighted by Gasteiger charge is -2.10. The highest BCUT2D eigenvalue weighted by Gasteiger charge is 2.56. The number of methoxy groups -OCH3 is 1. The first-order valence-corrected chi connectivity index (χ1v) is 9.03. The third-order valence-electron chi connectivity index (χ3n) is 4.11. The normalized spacial score (nSPS) is 18.8. The Balaban J connectivity index is 1.86. The first kappa shape index (κ1) is 17.8. The fraction of sp³-hybridized carbons (Fsp3) is 0.294. The molecule has 2 aromatic carbocycles. The second kappa shape index (κ2) is 6.34. The van der Waals surface area contributed by atoms with E-state index in [9.17, 15) is 21.6 Å². The average Bonchev–Trinajstić information content (AvgIpc) is 3.20. The van der Waals surface area contributed by atoms with Crippen LogP contribution in [0.25, 0.3) is 11.1 Å². The van der Waals surface area contributed by atoms with Crippen molar-refractivity contribution in [3.8, 4) is 16.9 Å². The summed E-state index contributed by atoms with van der Waals surface area (Å²) in [5.74, 6) is -4.33. The van der Waals surface area contributed by atoms with Gasteiger partial charge in [-0.15, -0.1) is 0 Å². The molecule has 2 aromatic rings. The van der Waals surface area contributed by atoms with Crippen molar-refractivity contribution >= 4 is 10.0 Å². The number of alkyl halides is 2. The van der Waals surface area contributed by atoms with Gasteiger partial charge < -0.3 is 4.74 Å². The maximum atomic E-state index is 14.4. The minimum atomic E-state index is -3.96. The molecule has 1 aliphatic carbocycles. The monoisotopic (exact) mass is 371 g/mol. The van der Waals surface area contributed by atoms with Crippen LogP contribution in [0.2, 0.25) is 0 Å². The number of ether oxygens (including phenoxy) is 1. The summed E-state index contributed by atoms with van der Waals surface area (Å²) in [5.41, 5.74) is 0.529. The second-order valence-corrected chi connectivity index (χ2v) is 7.63. The van der Waals surface area contributed by atoms with Gasteiger partial charge in [0, 0.05) is 24.4 Å². The van der Waals surface area contributed by atoms with Crippen LogP contribution in [0.15, 0.2) is 47.4 Å². The summed E-state index contributed by atoms with van der Waals surface area (Å²) >= 11 is 0. The highest BCUT2D eigenvalue weighted by atomic mass is 32.2. The molecule has 0 heterocycles. The zero-order valence-electron chi connectivity index (χ0n) is 13.3. The van der Waals surface area contributed by atoms with E-state index in [2.05, 4.69) is 4.72 Å². The van der Waals surface area contributed by atoms with Gasteiger partial charge in [0.05, 0.1) is 12.0 Å². The van der Waals surface area contributed by atoms with E-state index in [4.69, 9.17) is 4.74 Å². The van der Waals surface area contributed by atoms with E-state index in [0.29, 0.717) is 5.56 Å². The zero-order chi connectivity index (χ0) is 18.2. The van der Waals surface area contributed by atoms with E-state index >= 15 is 0 Å². The molecule has 0 spiro atoms. The fourth-order valence-corrected chi connectivity index (χ4v) is 3.63. The molecule has 25 heavy (non-hydrogen) atoms. The van der Waals surface area contributed by atoms with E-state index in [-0.39, 0.29) is 29.2 Å². The van der Waals surface area contributed by atoms with Gasteiger partial charge in [0.2, 0.25) is 10.0 Å². The van der Waals surface area contributed by atoms with Crippen LogP contribution in [-0.2, 0) is 10.0 Å². The first-order valence-electron chi connectivity index (χ1n) is 7.55. The van der Waals surface area contributed by atoms with Crippen molar-refractivity contribution in [2.75, 3.05) is 13.7 Å². The van der Waals surface area contributed by atoms with Crippen molar-refractivity contribution in [2.24, 2.45) is 5.92 Å². The molecule has 0 amide bonds. The summed E-state index contributed by atoms with van der Waals surface area (Å²) in [6.07, 6.45) is -0.315. The predicted molar refractivity (Wildman–Crippen MR) is 86.6 cm³/mol. The van der Waals surface area contributed by atoms with Gasteiger partial charge in [-0.1, -0.05) is 24.3 Å². The van der Waals surface area contributed by atoms with Crippen LogP contribution in [0.1, 0.15) is 6.42 Å². The van der Waals surface area contributed by atoms with Gasteiger partial charge in [-0.2, -0.15) is 0 Å². The molecule has 3 rings (SSSR count). The Kier molecular flexibility index (Phi) is 4.51. The fourth-order valence-electron chi connectivity index (χ4n) is 2.51. The van der Waals surface area contributed by atoms with Crippen LogP contribution in [0.4, 0.5) is 13.2 Å². The largest absolute Gasteiger partial charge is 0.494 e. The van der Waals surface area contributed by atoms with Gasteiger partial charge in [-0.3, -0.25) is 0 Å². The predicted octanol–water partition coefficient (Wildman–Crippen LogP) is 3.43. The lowest BCUT2D eigenvalue weighted by atomic mass is 10.0. The van der Waals surface area contributed by atoms with E-state index in [1.165, 1.54) is 37.4 Å². The Hall–Kier alpha value is -2.06. The molecule has 1 fully saturated rings. The van der Waals surface area contributed by atoms with Gasteiger partial charge >= 0.3 is 0 Å². The molecule has 1 aliphatic rings. The third-order valence-corrected chi connectivity index (χ3v) is 5.54. The number of rotatable bonds is 6. The number of benzene rings is 2. The lowest BCUT2D eigenvalue weighted by Crippen LogP contribution is -2.27. The molecule has 134 valence electrons. The second-order valence-electron chi connectivity index (χ2n) is 5.86. The van der Waals surface area contributed by atoms with E-state index in [1.807, 2.05) is 0 Å². The van der Waals surface area contributed by atoms with Gasteiger partial charge in [0.1, 0.15) is 0 Å². The molecular formula is C17H16F3NO3S. The number of hydrogen-bond acceptors (Lipinski definition) is 3. The molecule has 0 aromatic heterocycles. The SMILES string of the molecule is COc1cccc(-c2cccc(S(=O)(=O)NCC3CC3(F)F)c2)c1F. The maximum absolute atomic E-state index is 14.4. The zero-order valence-corrected chi connectivity index (χ0v) is 14.1. The van der Waals surface area contributed by atoms with Crippen LogP contribution >= 0.6 is 0 Å². The third kappa shape index (κ3) is 3.64. The summed E-state index contributed by atoms with van der Waals surface area (Å²) in [6, 6.07) is 10.2. The highest BCUT2D eigenvalue weighted by molar-refractivity contribution is 7.89. The van der Waals surface area contributed by atoms with Crippen molar-refractivity contribution in [3.05, 3.63) is 48.3 Å². The lowest BCUT2D eigenvalue weighted by molar-refractivity contribution is 0.0998. The average molecular weight is 371 g/mol. The summed E-state index contributed by atoms with van der Waals surface area (Å²) in [4.78, 5) is -0.115. The smallest absolute Gasteiger partial charge is 0.252 e. The Morgan fingerprint density at radius 3 is 2.56 bits per heavy atom. The summed E-state index contributed by atoms with van der Waals surface area (Å²) in [5, 5.41) is 0. The van der Waals surface area contributed by atoms with Crippen LogP contribution in [-0.4, -0.2) is 28.0 Å². The Bertz CT molecular complexity index is 900. The van der Waals surface area contributed by atoms with Crippen LogP contribution in [0, 0.1) is 11.7 Å². The minimum Gasteiger partial charge on any atom is -0.494 e. The molecule has 0 radical (unpaired) electrons. The first-order chi connectivity index (χ1) is 11.7. The topological polar surface area (TPSA) is 55.4 Å². The number of halogens is 3. The Labute approximate surface area is 143 Å². The molecule has 0 saturated heterocycles. The van der Waals surface area contributed by atoms with Gasteiger partial charge in [0.15, 0.2) is 11.6 Å². The van der Waals surface area contributed by atoms with Gasteiger partial charge in [-0.05, 0) is 23.8 Å². The maximum Gasteiger partial charge on any atom is 0.252 e. The van der Waals surface area contributed by atoms with Crippen molar-refractivity contribution in [2.45, 2.75) is 17.2 Å². The highest BCUT2D eigenvalue weighted by Crippen LogP contribution is 2.48. The molecule has 4 nitrogen and oxygen atoms in total. The Morgan fingerprint density at radius 1 is 1.24 bits per heavy atom. The minimum absolute atomic E-state index is 0.0415. The van der Waals surface area contributed by atoms with Crippen LogP contribution < -0.4 is 9.46 Å². The van der Waals surface area contributed by atoms with Crippen molar-refractivity contribution in [1.29, 1.82) is 0 Å². The molecule has 8 heteroatoms. The van der Waals surface area contributed by atoms with E-state index in [0.717, 1.165) is 0 Å². The van der Waals surface area contributed by atoms with Crippen LogP contribution in [0.3, 0.4) is 0 Å². The van der Waals surface area contributed by atoms with E-state index in [1.54, 1.807) is 12.1 Å². The summed E-state index contributed by atoms with van der Waals surface area (Å²) in [7, 11) is -2.63. The molecule has 1 N–H and O–H groups in total. The van der Waals surface area contributed by atoms with Crippen molar-refractivity contribution < 1.29 is 26.3 Å². The molecule has 1 saturated carbocycles. The summed E-state index contributed by atoms with van der Waals surface area (Å²) in [6.45, 7) is -0.326. The van der Waals surface area contributed by atoms with Gasteiger partial charge in [0.25, 0.3) is 5.92 Å². The van der Waals surface area contributed by atoms with Crippen molar-refractivity contribution in [1.82, 2.24) is 4.72 Å². The van der Waals surface area contributed by atoms with Gasteiger partial charge in [-0.25, -0.2) is 26.3 Å². The van der Waals surface area contributed by atoms with Crippen molar-refractivity contribution in [3.63, 3.8) is 0 Å². The molecule has 0 aliphatic heterocycles. The number of sulfonamides is 1.